The summed E-state index contributed by atoms with van der Waals surface area (Å²) in [7, 11) is 0. The third kappa shape index (κ3) is 3.12. The first-order chi connectivity index (χ1) is 11.6. The molecule has 1 heterocycles. The first kappa shape index (κ1) is 15.5. The van der Waals surface area contributed by atoms with E-state index in [1.165, 1.54) is 12.8 Å². The molecule has 1 aromatic carbocycles. The second-order valence-electron chi connectivity index (χ2n) is 7.44. The van der Waals surface area contributed by atoms with Crippen LogP contribution in [0.4, 0.5) is 10.5 Å². The molecule has 2 fully saturated rings. The number of hydrogen-bond donors (Lipinski definition) is 2. The van der Waals surface area contributed by atoms with Gasteiger partial charge in [-0.1, -0.05) is 18.2 Å². The van der Waals surface area contributed by atoms with Crippen LogP contribution in [0.2, 0.25) is 0 Å². The van der Waals surface area contributed by atoms with Crippen molar-refractivity contribution in [2.24, 2.45) is 5.92 Å². The zero-order valence-electron chi connectivity index (χ0n) is 14.1. The summed E-state index contributed by atoms with van der Waals surface area (Å²) < 4.78 is 0. The summed E-state index contributed by atoms with van der Waals surface area (Å²) in [6.07, 6.45) is 5.17. The van der Waals surface area contributed by atoms with Gasteiger partial charge in [-0.3, -0.25) is 4.79 Å². The van der Waals surface area contributed by atoms with E-state index in [0.29, 0.717) is 31.0 Å². The summed E-state index contributed by atoms with van der Waals surface area (Å²) in [5.74, 6) is 0.757. The molecule has 0 spiro atoms. The highest BCUT2D eigenvalue weighted by molar-refractivity contribution is 5.94. The molecule has 0 aromatic heterocycles. The Balaban J connectivity index is 1.42. The van der Waals surface area contributed by atoms with Crippen LogP contribution in [-0.2, 0) is 4.79 Å². The highest BCUT2D eigenvalue weighted by Crippen LogP contribution is 2.39. The van der Waals surface area contributed by atoms with E-state index in [1.54, 1.807) is 0 Å². The number of anilines is 1. The summed E-state index contributed by atoms with van der Waals surface area (Å²) in [5, 5.41) is 6.01. The minimum Gasteiger partial charge on any atom is -0.337 e. The maximum Gasteiger partial charge on any atom is 0.317 e. The number of hydrogen-bond acceptors (Lipinski definition) is 2. The van der Waals surface area contributed by atoms with Gasteiger partial charge in [0, 0.05) is 36.7 Å². The number of fused-ring (bicyclic) bond motifs is 1. The highest BCUT2D eigenvalue weighted by Gasteiger charge is 2.41. The molecule has 24 heavy (non-hydrogen) atoms. The quantitative estimate of drug-likeness (QED) is 0.873. The summed E-state index contributed by atoms with van der Waals surface area (Å²) >= 11 is 0. The minimum atomic E-state index is 0.0262. The molecule has 3 amide bonds. The van der Waals surface area contributed by atoms with Crippen molar-refractivity contribution < 1.29 is 9.59 Å². The molecule has 0 bridgehead atoms. The fourth-order valence-electron chi connectivity index (χ4n) is 3.83. The number of carbonyl (C=O) groups is 2. The molecule has 128 valence electrons. The van der Waals surface area contributed by atoms with E-state index >= 15 is 0 Å². The average molecular weight is 327 g/mol. The Morgan fingerprint density at radius 3 is 2.75 bits per heavy atom. The van der Waals surface area contributed by atoms with Crippen LogP contribution in [0.3, 0.4) is 0 Å². The molecule has 2 aliphatic carbocycles. The number of rotatable bonds is 5. The summed E-state index contributed by atoms with van der Waals surface area (Å²) in [5.41, 5.74) is 1.99. The fourth-order valence-corrected chi connectivity index (χ4v) is 3.83. The van der Waals surface area contributed by atoms with Gasteiger partial charge in [0.25, 0.3) is 0 Å². The van der Waals surface area contributed by atoms with Crippen molar-refractivity contribution in [1.29, 1.82) is 0 Å². The average Bonchev–Trinajstić information content (AvgIpc) is 3.45. The highest BCUT2D eigenvalue weighted by atomic mass is 16.2. The summed E-state index contributed by atoms with van der Waals surface area (Å²) in [6.45, 7) is 2.70. The SMILES string of the molecule is CC(C1CC1)N(C(=O)NCC1CC(=O)Nc2ccccc21)C1CC1. The third-order valence-electron chi connectivity index (χ3n) is 5.52. The molecule has 2 saturated carbocycles. The van der Waals surface area contributed by atoms with Gasteiger partial charge in [-0.05, 0) is 50.2 Å². The Bertz CT molecular complexity index is 652. The van der Waals surface area contributed by atoms with E-state index < -0.39 is 0 Å². The molecule has 5 nitrogen and oxygen atoms in total. The van der Waals surface area contributed by atoms with Crippen LogP contribution < -0.4 is 10.6 Å². The van der Waals surface area contributed by atoms with Crippen LogP contribution in [0.1, 0.15) is 50.5 Å². The van der Waals surface area contributed by atoms with Gasteiger partial charge in [-0.2, -0.15) is 0 Å². The van der Waals surface area contributed by atoms with E-state index in [0.717, 1.165) is 24.1 Å². The number of benzene rings is 1. The maximum absolute atomic E-state index is 12.7. The number of nitrogens with zero attached hydrogens (tertiary/aromatic N) is 1. The lowest BCUT2D eigenvalue weighted by Crippen LogP contribution is -2.48. The molecule has 4 rings (SSSR count). The Morgan fingerprint density at radius 1 is 1.29 bits per heavy atom. The lowest BCUT2D eigenvalue weighted by molar-refractivity contribution is -0.116. The normalized spacial score (nSPS) is 23.9. The van der Waals surface area contributed by atoms with Gasteiger partial charge >= 0.3 is 6.03 Å². The molecule has 2 unspecified atom stereocenters. The van der Waals surface area contributed by atoms with Gasteiger partial charge < -0.3 is 15.5 Å². The van der Waals surface area contributed by atoms with Gasteiger partial charge in [-0.25, -0.2) is 4.79 Å². The molecular formula is C19H25N3O2. The standard InChI is InChI=1S/C19H25N3O2/c1-12(13-6-7-13)22(15-8-9-15)19(24)20-11-14-10-18(23)21-17-5-3-2-4-16(14)17/h2-5,12-15H,6-11H2,1H3,(H,20,24)(H,21,23). The second kappa shape index (κ2) is 6.11. The van der Waals surface area contributed by atoms with Crippen molar-refractivity contribution in [3.8, 4) is 0 Å². The molecule has 2 atom stereocenters. The molecule has 3 aliphatic rings. The van der Waals surface area contributed by atoms with E-state index in [2.05, 4.69) is 22.5 Å². The van der Waals surface area contributed by atoms with Crippen LogP contribution in [-0.4, -0.2) is 35.5 Å². The molecule has 0 radical (unpaired) electrons. The Kier molecular flexibility index (Phi) is 3.94. The van der Waals surface area contributed by atoms with Crippen LogP contribution in [0.15, 0.2) is 24.3 Å². The first-order valence-electron chi connectivity index (χ1n) is 9.08. The van der Waals surface area contributed by atoms with Gasteiger partial charge in [0.2, 0.25) is 5.91 Å². The molecule has 5 heteroatoms. The zero-order valence-corrected chi connectivity index (χ0v) is 14.1. The second-order valence-corrected chi connectivity index (χ2v) is 7.44. The molecule has 1 aliphatic heterocycles. The number of urea groups is 1. The van der Waals surface area contributed by atoms with Crippen molar-refractivity contribution >= 4 is 17.6 Å². The number of amides is 3. The zero-order chi connectivity index (χ0) is 16.7. The van der Waals surface area contributed by atoms with Crippen LogP contribution >= 0.6 is 0 Å². The minimum absolute atomic E-state index is 0.0262. The Hall–Kier alpha value is -2.04. The predicted molar refractivity (Wildman–Crippen MR) is 92.9 cm³/mol. The van der Waals surface area contributed by atoms with Crippen LogP contribution in [0.5, 0.6) is 0 Å². The van der Waals surface area contributed by atoms with Gasteiger partial charge in [-0.15, -0.1) is 0 Å². The lowest BCUT2D eigenvalue weighted by atomic mass is 9.90. The van der Waals surface area contributed by atoms with E-state index in [-0.39, 0.29) is 17.9 Å². The van der Waals surface area contributed by atoms with Crippen molar-refractivity contribution in [3.05, 3.63) is 29.8 Å². The van der Waals surface area contributed by atoms with Crippen molar-refractivity contribution in [3.63, 3.8) is 0 Å². The number of carbonyl (C=O) groups excluding carboxylic acids is 2. The summed E-state index contributed by atoms with van der Waals surface area (Å²) in [4.78, 5) is 26.7. The first-order valence-corrected chi connectivity index (χ1v) is 9.08. The Morgan fingerprint density at radius 2 is 2.04 bits per heavy atom. The van der Waals surface area contributed by atoms with E-state index in [9.17, 15) is 9.59 Å². The van der Waals surface area contributed by atoms with Crippen LogP contribution in [0.25, 0.3) is 0 Å². The predicted octanol–water partition coefficient (Wildman–Crippen LogP) is 3.08. The molecule has 1 aromatic rings. The third-order valence-corrected chi connectivity index (χ3v) is 5.52. The number of para-hydroxylation sites is 1. The smallest absolute Gasteiger partial charge is 0.317 e. The van der Waals surface area contributed by atoms with Gasteiger partial charge in [0.15, 0.2) is 0 Å². The topological polar surface area (TPSA) is 61.4 Å². The molecule has 0 saturated heterocycles. The largest absolute Gasteiger partial charge is 0.337 e. The van der Waals surface area contributed by atoms with Crippen molar-refractivity contribution in [1.82, 2.24) is 10.2 Å². The van der Waals surface area contributed by atoms with Crippen molar-refractivity contribution in [2.75, 3.05) is 11.9 Å². The van der Waals surface area contributed by atoms with Crippen molar-refractivity contribution in [2.45, 2.75) is 57.0 Å². The maximum atomic E-state index is 12.7. The van der Waals surface area contributed by atoms with E-state index in [1.807, 2.05) is 24.3 Å². The molecule has 2 N–H and O–H groups in total. The van der Waals surface area contributed by atoms with Crippen LogP contribution in [0, 0.1) is 5.92 Å². The van der Waals surface area contributed by atoms with Gasteiger partial charge in [0.1, 0.15) is 0 Å². The molecular weight excluding hydrogens is 302 g/mol. The lowest BCUT2D eigenvalue weighted by Gasteiger charge is -2.31. The number of nitrogens with one attached hydrogen (secondary N) is 2. The summed E-state index contributed by atoms with van der Waals surface area (Å²) in [6, 6.07) is 8.66. The Labute approximate surface area is 142 Å². The monoisotopic (exact) mass is 327 g/mol. The van der Waals surface area contributed by atoms with Gasteiger partial charge in [0.05, 0.1) is 0 Å². The van der Waals surface area contributed by atoms with E-state index in [4.69, 9.17) is 0 Å². The fraction of sp³-hybridized carbons (Fsp3) is 0.579.